The van der Waals surface area contributed by atoms with Crippen molar-refractivity contribution in [3.63, 3.8) is 0 Å². The topological polar surface area (TPSA) is 154 Å². The number of imidazole rings is 1. The summed E-state index contributed by atoms with van der Waals surface area (Å²) in [4.78, 5) is 15.6. The lowest BCUT2D eigenvalue weighted by Crippen LogP contribution is -2.42. The number of aliphatic hydroxyl groups is 1. The van der Waals surface area contributed by atoms with Crippen LogP contribution in [-0.4, -0.2) is 51.3 Å². The lowest BCUT2D eigenvalue weighted by atomic mass is 9.99. The van der Waals surface area contributed by atoms with Crippen LogP contribution >= 0.6 is 0 Å². The summed E-state index contributed by atoms with van der Waals surface area (Å²) in [6.07, 6.45) is 1.36. The van der Waals surface area contributed by atoms with Crippen LogP contribution < -0.4 is 10.0 Å². The Hall–Kier alpha value is -3.93. The van der Waals surface area contributed by atoms with Crippen molar-refractivity contribution in [3.05, 3.63) is 84.2 Å². The van der Waals surface area contributed by atoms with Crippen LogP contribution in [0.4, 0.5) is 5.69 Å². The number of hydrogen-bond acceptors (Lipinski definition) is 7. The summed E-state index contributed by atoms with van der Waals surface area (Å²) in [5, 5.41) is 33.4. The number of hydrogen-bond donors (Lipinski definition) is 5. The zero-order valence-corrected chi connectivity index (χ0v) is 21.8. The number of sulfonamides is 1. The van der Waals surface area contributed by atoms with Gasteiger partial charge in [0, 0.05) is 30.4 Å². The maximum atomic E-state index is 12.6. The Balaban J connectivity index is 1.37. The van der Waals surface area contributed by atoms with Gasteiger partial charge in [-0.2, -0.15) is 0 Å². The molecule has 0 radical (unpaired) electrons. The second-order valence-corrected chi connectivity index (χ2v) is 11.4. The minimum atomic E-state index is -3.74. The Kier molecular flexibility index (Phi) is 7.72. The quantitative estimate of drug-likeness (QED) is 0.194. The van der Waals surface area contributed by atoms with Gasteiger partial charge in [-0.1, -0.05) is 30.3 Å². The van der Waals surface area contributed by atoms with Gasteiger partial charge in [-0.15, -0.1) is 0 Å². The summed E-state index contributed by atoms with van der Waals surface area (Å²) in [6.45, 7) is 4.75. The molecule has 1 atom stereocenters. The molecule has 4 aromatic rings. The minimum absolute atomic E-state index is 0.151. The highest BCUT2D eigenvalue weighted by molar-refractivity contribution is 7.92. The molecule has 4 rings (SSSR count). The normalized spacial score (nSPS) is 12.9. The van der Waals surface area contributed by atoms with Gasteiger partial charge in [0.2, 0.25) is 0 Å². The van der Waals surface area contributed by atoms with Gasteiger partial charge < -0.3 is 25.2 Å². The fourth-order valence-electron chi connectivity index (χ4n) is 4.05. The zero-order valence-electron chi connectivity index (χ0n) is 21.0. The van der Waals surface area contributed by atoms with Crippen LogP contribution in [0.25, 0.3) is 11.0 Å². The highest BCUT2D eigenvalue weighted by Crippen LogP contribution is 2.26. The predicted octanol–water partition coefficient (Wildman–Crippen LogP) is 3.73. The molecule has 0 aliphatic rings. The molecule has 0 saturated carbocycles. The van der Waals surface area contributed by atoms with Gasteiger partial charge in [0.05, 0.1) is 28.4 Å². The fraction of sp³-hybridized carbons (Fsp3) is 0.259. The fourth-order valence-corrected chi connectivity index (χ4v) is 5.12. The summed E-state index contributed by atoms with van der Waals surface area (Å²) >= 11 is 0. The number of anilines is 1. The van der Waals surface area contributed by atoms with Crippen LogP contribution in [0, 0.1) is 0 Å². The number of carboxylic acid groups (broad SMARTS) is 1. The third-order valence-corrected chi connectivity index (χ3v) is 7.69. The first-order valence-electron chi connectivity index (χ1n) is 12.0. The third kappa shape index (κ3) is 6.31. The number of aromatic nitrogens is 2. The molecule has 1 unspecified atom stereocenters. The molecule has 38 heavy (non-hydrogen) atoms. The number of carbonyl (C=O) groups is 1. The minimum Gasteiger partial charge on any atom is -0.507 e. The van der Waals surface area contributed by atoms with Crippen LogP contribution in [-0.2, 0) is 16.6 Å². The van der Waals surface area contributed by atoms with Crippen molar-refractivity contribution in [3.8, 4) is 5.75 Å². The van der Waals surface area contributed by atoms with Crippen molar-refractivity contribution in [1.29, 1.82) is 0 Å². The lowest BCUT2D eigenvalue weighted by Gasteiger charge is -2.28. The number of aryl methyl sites for hydroxylation is 1. The molecule has 0 fully saturated rings. The van der Waals surface area contributed by atoms with Gasteiger partial charge >= 0.3 is 5.97 Å². The van der Waals surface area contributed by atoms with E-state index in [9.17, 15) is 28.5 Å². The van der Waals surface area contributed by atoms with E-state index in [1.807, 2.05) is 18.4 Å². The van der Waals surface area contributed by atoms with Gasteiger partial charge in [-0.3, -0.25) is 4.72 Å². The molecule has 0 saturated heterocycles. The van der Waals surface area contributed by atoms with E-state index in [-0.39, 0.29) is 22.8 Å². The Bertz CT molecular complexity index is 1550. The van der Waals surface area contributed by atoms with Gasteiger partial charge in [0.25, 0.3) is 10.0 Å². The molecular formula is C27H30N4O6S. The predicted molar refractivity (Wildman–Crippen MR) is 144 cm³/mol. The summed E-state index contributed by atoms with van der Waals surface area (Å²) in [6, 6.07) is 17.4. The molecule has 10 nitrogen and oxygen atoms in total. The summed E-state index contributed by atoms with van der Waals surface area (Å²) in [7, 11) is -3.74. The van der Waals surface area contributed by atoms with Crippen molar-refractivity contribution < 1.29 is 28.5 Å². The lowest BCUT2D eigenvalue weighted by molar-refractivity contribution is 0.0694. The highest BCUT2D eigenvalue weighted by atomic mass is 32.2. The zero-order chi connectivity index (χ0) is 27.5. The third-order valence-electron chi connectivity index (χ3n) is 6.30. The van der Waals surface area contributed by atoms with Crippen LogP contribution in [0.15, 0.2) is 78.0 Å². The van der Waals surface area contributed by atoms with Crippen LogP contribution in [0.5, 0.6) is 5.75 Å². The van der Waals surface area contributed by atoms with E-state index in [4.69, 9.17) is 0 Å². The molecule has 0 aliphatic heterocycles. The van der Waals surface area contributed by atoms with Crippen molar-refractivity contribution in [2.24, 2.45) is 0 Å². The maximum Gasteiger partial charge on any atom is 0.339 e. The molecule has 1 heterocycles. The second-order valence-electron chi connectivity index (χ2n) is 9.68. The smallest absolute Gasteiger partial charge is 0.339 e. The Morgan fingerprint density at radius 2 is 1.82 bits per heavy atom. The Morgan fingerprint density at radius 3 is 2.53 bits per heavy atom. The first kappa shape index (κ1) is 27.1. The molecule has 0 spiro atoms. The molecular weight excluding hydrogens is 508 g/mol. The average Bonchev–Trinajstić information content (AvgIpc) is 3.27. The number of β-amino-alcohol motifs (C(OH)–C–C–N with tert-alkyl or cyclic N) is 1. The summed E-state index contributed by atoms with van der Waals surface area (Å²) in [5.74, 6) is -1.54. The molecule has 11 heteroatoms. The van der Waals surface area contributed by atoms with Crippen LogP contribution in [0.2, 0.25) is 0 Å². The number of phenols is 1. The summed E-state index contributed by atoms with van der Waals surface area (Å²) in [5.41, 5.74) is 1.42. The molecule has 3 aromatic carbocycles. The SMILES string of the molecule is CC(C)(CCn1cnc2cc(C(=O)O)c(O)cc21)NCC(O)c1cccc(NS(=O)(=O)c2ccccc2)c1. The van der Waals surface area contributed by atoms with Crippen LogP contribution in [0.1, 0.15) is 42.3 Å². The van der Waals surface area contributed by atoms with E-state index in [1.54, 1.807) is 48.8 Å². The van der Waals surface area contributed by atoms with E-state index in [2.05, 4.69) is 15.0 Å². The van der Waals surface area contributed by atoms with Gasteiger partial charge in [0.15, 0.2) is 0 Å². The molecule has 0 amide bonds. The van der Waals surface area contributed by atoms with E-state index in [1.165, 1.54) is 24.3 Å². The molecule has 5 N–H and O–H groups in total. The number of aromatic hydroxyl groups is 1. The van der Waals surface area contributed by atoms with E-state index in [0.717, 1.165) is 0 Å². The van der Waals surface area contributed by atoms with Gasteiger partial charge in [-0.05, 0) is 56.2 Å². The number of benzene rings is 3. The molecule has 0 aliphatic carbocycles. The molecule has 200 valence electrons. The first-order chi connectivity index (χ1) is 17.9. The van der Waals surface area contributed by atoms with E-state index in [0.29, 0.717) is 35.2 Å². The standard InChI is InChI=1S/C27H30N4O6S/c1-27(2,11-12-31-17-28-22-14-21(26(34)35)24(32)15-23(22)31)29-16-25(33)18-7-6-8-19(13-18)30-38(36,37)20-9-4-3-5-10-20/h3-10,13-15,17,25,29-30,32-33H,11-12,16H2,1-2H3,(H,34,35). The number of rotatable bonds is 11. The van der Waals surface area contributed by atoms with Crippen molar-refractivity contribution in [1.82, 2.24) is 14.9 Å². The van der Waals surface area contributed by atoms with Crippen molar-refractivity contribution in [2.75, 3.05) is 11.3 Å². The molecule has 1 aromatic heterocycles. The Morgan fingerprint density at radius 1 is 1.08 bits per heavy atom. The van der Waals surface area contributed by atoms with Crippen molar-refractivity contribution in [2.45, 2.75) is 43.4 Å². The summed E-state index contributed by atoms with van der Waals surface area (Å²) < 4.78 is 29.6. The van der Waals surface area contributed by atoms with Gasteiger partial charge in [0.1, 0.15) is 11.3 Å². The monoisotopic (exact) mass is 538 g/mol. The highest BCUT2D eigenvalue weighted by Gasteiger charge is 2.21. The maximum absolute atomic E-state index is 12.6. The number of aliphatic hydroxyl groups excluding tert-OH is 1. The second kappa shape index (κ2) is 10.8. The number of nitrogens with zero attached hydrogens (tertiary/aromatic N) is 2. The first-order valence-corrected chi connectivity index (χ1v) is 13.5. The number of nitrogens with one attached hydrogen (secondary N) is 2. The van der Waals surface area contributed by atoms with E-state index < -0.39 is 27.6 Å². The largest absolute Gasteiger partial charge is 0.507 e. The number of fused-ring (bicyclic) bond motifs is 1. The van der Waals surface area contributed by atoms with Crippen LogP contribution in [0.3, 0.4) is 0 Å². The van der Waals surface area contributed by atoms with Gasteiger partial charge in [-0.25, -0.2) is 18.2 Å². The average molecular weight is 539 g/mol. The number of carboxylic acids is 1. The number of aromatic carboxylic acids is 1. The van der Waals surface area contributed by atoms with E-state index >= 15 is 0 Å². The Labute approximate surface area is 220 Å². The van der Waals surface area contributed by atoms with Crippen molar-refractivity contribution >= 4 is 32.7 Å². The molecule has 0 bridgehead atoms.